The lowest BCUT2D eigenvalue weighted by molar-refractivity contribution is -0.0775. The van der Waals surface area contributed by atoms with Gasteiger partial charge in [0.25, 0.3) is 11.4 Å². The van der Waals surface area contributed by atoms with E-state index in [0.717, 1.165) is 6.33 Å². The summed E-state index contributed by atoms with van der Waals surface area (Å²) >= 11 is 3.91. The standard InChI is InChI=1S/C18H21F2N12O8PS/c19-10-6(1-33)38-4-18(10,32-14-9(28-30-32)15(35)26-16(22)25-14)40-41(36,42)39-2-7-11(34)17(20,3-37-7)31-13-8(27-29-31)12(21)23-5-24-13/h5-7,10-11,33-34H,1-4H2,(H,36,42)(H2,21,23,24)(H3,22,25,26,35)/t6-,7-,10-,11-,17-,18+,41?/m1/s1. The van der Waals surface area contributed by atoms with Gasteiger partial charge in [-0.25, -0.2) is 23.3 Å². The molecule has 6 rings (SSSR count). The van der Waals surface area contributed by atoms with Crippen LogP contribution in [0.15, 0.2) is 11.1 Å². The maximum absolute atomic E-state index is 16.0. The third kappa shape index (κ3) is 4.40. The van der Waals surface area contributed by atoms with Gasteiger partial charge in [0.15, 0.2) is 34.3 Å². The summed E-state index contributed by atoms with van der Waals surface area (Å²) in [6, 6.07) is 0. The molecule has 2 aliphatic rings. The Kier molecular flexibility index (Phi) is 6.88. The van der Waals surface area contributed by atoms with Crippen molar-refractivity contribution in [1.29, 1.82) is 0 Å². The van der Waals surface area contributed by atoms with Crippen molar-refractivity contribution in [2.45, 2.75) is 36.0 Å². The predicted octanol–water partition coefficient (Wildman–Crippen LogP) is -2.25. The number of alkyl halides is 2. The first-order valence-electron chi connectivity index (χ1n) is 11.9. The summed E-state index contributed by atoms with van der Waals surface area (Å²) in [5, 5.41) is 35.1. The Bertz CT molecular complexity index is 1780. The van der Waals surface area contributed by atoms with Gasteiger partial charge in [-0.05, 0) is 0 Å². The van der Waals surface area contributed by atoms with Crippen LogP contribution in [0.2, 0.25) is 0 Å². The van der Waals surface area contributed by atoms with Gasteiger partial charge in [-0.3, -0.25) is 18.8 Å². The van der Waals surface area contributed by atoms with E-state index >= 15 is 8.78 Å². The van der Waals surface area contributed by atoms with Crippen LogP contribution in [0, 0.1) is 0 Å². The number of thiol groups is 1. The van der Waals surface area contributed by atoms with Crippen LogP contribution in [0.25, 0.3) is 22.3 Å². The normalized spacial score (nSPS) is 31.3. The first kappa shape index (κ1) is 28.7. The van der Waals surface area contributed by atoms with Crippen molar-refractivity contribution in [2.24, 2.45) is 0 Å². The minimum atomic E-state index is -4.68. The summed E-state index contributed by atoms with van der Waals surface area (Å²) in [6.45, 7) is -7.75. The van der Waals surface area contributed by atoms with Crippen LogP contribution in [0.4, 0.5) is 20.5 Å². The van der Waals surface area contributed by atoms with Crippen molar-refractivity contribution >= 4 is 53.1 Å². The maximum atomic E-state index is 16.0. The number of aromatic amines is 1. The quantitative estimate of drug-likeness (QED) is 0.0881. The fourth-order valence-electron chi connectivity index (χ4n) is 4.64. The number of H-pyrrole nitrogens is 1. The van der Waals surface area contributed by atoms with Crippen molar-refractivity contribution in [3.8, 4) is 0 Å². The van der Waals surface area contributed by atoms with Crippen molar-refractivity contribution < 1.29 is 42.1 Å². The first-order valence-corrected chi connectivity index (χ1v) is 14.6. The Labute approximate surface area is 236 Å². The van der Waals surface area contributed by atoms with Crippen LogP contribution in [0.3, 0.4) is 0 Å². The fraction of sp³-hybridized carbons (Fsp3) is 0.556. The van der Waals surface area contributed by atoms with E-state index in [1.54, 1.807) is 0 Å². The average Bonchev–Trinajstić information content (AvgIpc) is 3.70. The van der Waals surface area contributed by atoms with Gasteiger partial charge in [0, 0.05) is 0 Å². The molecular formula is C18H21F2N12O8PS. The molecule has 0 bridgehead atoms. The van der Waals surface area contributed by atoms with Gasteiger partial charge in [-0.2, -0.15) is 14.3 Å². The number of halogens is 2. The van der Waals surface area contributed by atoms with Crippen molar-refractivity contribution in [2.75, 3.05) is 37.9 Å². The molecule has 2 fully saturated rings. The van der Waals surface area contributed by atoms with Crippen LogP contribution in [0.5, 0.6) is 0 Å². The number of nitrogens with one attached hydrogen (secondary N) is 1. The number of aliphatic hydroxyl groups is 2. The van der Waals surface area contributed by atoms with E-state index in [9.17, 15) is 19.6 Å². The highest BCUT2D eigenvalue weighted by Gasteiger charge is 2.59. The maximum Gasteiger partial charge on any atom is 0.388 e. The number of fused-ring (bicyclic) bond motifs is 2. The Morgan fingerprint density at radius 2 is 1.88 bits per heavy atom. The van der Waals surface area contributed by atoms with Gasteiger partial charge in [-0.15, -0.1) is 10.2 Å². The van der Waals surface area contributed by atoms with E-state index in [-0.39, 0.29) is 34.1 Å². The van der Waals surface area contributed by atoms with Gasteiger partial charge >= 0.3 is 6.80 Å². The number of anilines is 2. The topological polar surface area (TPSA) is 279 Å². The minimum Gasteiger partial charge on any atom is -0.394 e. The Morgan fingerprint density at radius 1 is 1.17 bits per heavy atom. The van der Waals surface area contributed by atoms with E-state index in [2.05, 4.69) is 52.8 Å². The highest BCUT2D eigenvalue weighted by molar-refractivity contribution is 8.44. The first-order chi connectivity index (χ1) is 19.9. The Balaban J connectivity index is 1.25. The van der Waals surface area contributed by atoms with Gasteiger partial charge in [0.2, 0.25) is 11.7 Å². The van der Waals surface area contributed by atoms with Crippen LogP contribution in [-0.2, 0) is 34.6 Å². The second-order valence-electron chi connectivity index (χ2n) is 9.30. The molecule has 20 nitrogen and oxygen atoms in total. The largest absolute Gasteiger partial charge is 0.394 e. The molecule has 42 heavy (non-hydrogen) atoms. The lowest BCUT2D eigenvalue weighted by Crippen LogP contribution is -2.47. The molecule has 0 saturated carbocycles. The van der Waals surface area contributed by atoms with E-state index in [4.69, 9.17) is 30.0 Å². The van der Waals surface area contributed by atoms with Crippen LogP contribution < -0.4 is 17.0 Å². The number of hydrogen-bond acceptors (Lipinski definition) is 17. The molecule has 0 radical (unpaired) electrons. The van der Waals surface area contributed by atoms with Crippen LogP contribution in [0.1, 0.15) is 0 Å². The second kappa shape index (κ2) is 10.1. The molecule has 7 atom stereocenters. The molecule has 24 heteroatoms. The molecule has 4 aromatic rings. The zero-order valence-corrected chi connectivity index (χ0v) is 22.7. The molecule has 2 aliphatic heterocycles. The number of nitrogens with zero attached hydrogens (tertiary/aromatic N) is 9. The lowest BCUT2D eigenvalue weighted by atomic mass is 10.1. The third-order valence-corrected chi connectivity index (χ3v) is 8.34. The smallest absolute Gasteiger partial charge is 0.388 e. The summed E-state index contributed by atoms with van der Waals surface area (Å²) in [6.07, 6.45) is -6.15. The molecule has 0 spiro atoms. The molecular weight excluding hydrogens is 613 g/mol. The lowest BCUT2D eigenvalue weighted by Gasteiger charge is -2.32. The summed E-state index contributed by atoms with van der Waals surface area (Å²) in [4.78, 5) is 26.0. The zero-order valence-electron chi connectivity index (χ0n) is 20.9. The number of aromatic nitrogens is 10. The summed E-state index contributed by atoms with van der Waals surface area (Å²) in [5.41, 5.74) is 7.16. The third-order valence-electron chi connectivity index (χ3n) is 6.73. The van der Waals surface area contributed by atoms with Crippen molar-refractivity contribution in [1.82, 2.24) is 49.9 Å². The molecule has 0 aromatic carbocycles. The van der Waals surface area contributed by atoms with E-state index in [0.29, 0.717) is 9.36 Å². The molecule has 7 N–H and O–H groups in total. The number of ether oxygens (including phenoxy) is 2. The molecule has 2 saturated heterocycles. The van der Waals surface area contributed by atoms with Gasteiger partial charge < -0.3 is 31.2 Å². The molecule has 4 aromatic heterocycles. The Morgan fingerprint density at radius 3 is 2.62 bits per heavy atom. The van der Waals surface area contributed by atoms with Gasteiger partial charge in [-0.1, -0.05) is 22.7 Å². The monoisotopic (exact) mass is 634 g/mol. The second-order valence-corrected chi connectivity index (χ2v) is 12.2. The highest BCUT2D eigenvalue weighted by atomic mass is 32.7. The van der Waals surface area contributed by atoms with E-state index in [1.807, 2.05) is 0 Å². The van der Waals surface area contributed by atoms with Crippen LogP contribution >= 0.6 is 19.0 Å². The summed E-state index contributed by atoms with van der Waals surface area (Å²) in [7, 11) is 0. The SMILES string of the molecule is Nc1nc2c(nnn2[C@]2(OP(=O)(S)OC[C@H]3OC[C@@](F)(n4nnc5c(N)ncnc54)[C@@H]3O)CO[C@H](CO)[C@H]2F)c(=O)[nH]1. The van der Waals surface area contributed by atoms with Crippen LogP contribution in [-0.4, -0.2) is 111 Å². The number of aliphatic hydroxyl groups excluding tert-OH is 2. The summed E-state index contributed by atoms with van der Waals surface area (Å²) < 4.78 is 67.9. The van der Waals surface area contributed by atoms with E-state index < -0.39 is 74.8 Å². The van der Waals surface area contributed by atoms with Gasteiger partial charge in [0.1, 0.15) is 37.9 Å². The van der Waals surface area contributed by atoms with Gasteiger partial charge in [0.05, 0.1) is 13.2 Å². The van der Waals surface area contributed by atoms with E-state index in [1.165, 1.54) is 0 Å². The summed E-state index contributed by atoms with van der Waals surface area (Å²) in [5.74, 6) is -3.15. The Hall–Kier alpha value is -3.44. The average molecular weight is 634 g/mol. The highest BCUT2D eigenvalue weighted by Crippen LogP contribution is 2.59. The fourth-order valence-corrected chi connectivity index (χ4v) is 6.28. The predicted molar refractivity (Wildman–Crippen MR) is 136 cm³/mol. The van der Waals surface area contributed by atoms with Crippen molar-refractivity contribution in [3.63, 3.8) is 0 Å². The number of hydrogen-bond donors (Lipinski definition) is 6. The zero-order chi connectivity index (χ0) is 30.0. The minimum absolute atomic E-state index is 0.0143. The molecule has 1 unspecified atom stereocenters. The number of rotatable bonds is 8. The van der Waals surface area contributed by atoms with Crippen molar-refractivity contribution in [3.05, 3.63) is 16.7 Å². The number of nitrogens with two attached hydrogens (primary N) is 2. The molecule has 0 amide bonds. The molecule has 0 aliphatic carbocycles. The number of nitrogen functional groups attached to an aromatic ring is 2. The molecule has 226 valence electrons. The molecule has 6 heterocycles.